The van der Waals surface area contributed by atoms with E-state index >= 15 is 0 Å². The van der Waals surface area contributed by atoms with Crippen LogP contribution in [0.25, 0.3) is 27.2 Å². The van der Waals surface area contributed by atoms with Crippen molar-refractivity contribution >= 4 is 27.3 Å². The molecule has 0 aliphatic heterocycles. The summed E-state index contributed by atoms with van der Waals surface area (Å²) in [6.07, 6.45) is 1.40. The topological polar surface area (TPSA) is 82.9 Å². The molecule has 0 atom stereocenters. The first kappa shape index (κ1) is 21.0. The number of benzene rings is 1. The Labute approximate surface area is 191 Å². The highest BCUT2D eigenvalue weighted by Crippen LogP contribution is 2.30. The van der Waals surface area contributed by atoms with Gasteiger partial charge in [-0.1, -0.05) is 17.3 Å². The van der Waals surface area contributed by atoms with Crippen LogP contribution in [0, 0.1) is 26.6 Å². The predicted molar refractivity (Wildman–Crippen MR) is 124 cm³/mol. The van der Waals surface area contributed by atoms with E-state index in [0.29, 0.717) is 32.9 Å². The third kappa shape index (κ3) is 3.60. The summed E-state index contributed by atoms with van der Waals surface area (Å²) in [6.45, 7) is 5.37. The summed E-state index contributed by atoms with van der Waals surface area (Å²) in [6, 6.07) is 9.53. The second-order valence-electron chi connectivity index (χ2n) is 7.85. The van der Waals surface area contributed by atoms with Gasteiger partial charge >= 0.3 is 0 Å². The van der Waals surface area contributed by atoms with Crippen LogP contribution in [-0.4, -0.2) is 25.1 Å². The lowest BCUT2D eigenvalue weighted by molar-refractivity contribution is 0.0970. The molecule has 9 heteroatoms. The summed E-state index contributed by atoms with van der Waals surface area (Å²) in [5.74, 6) is 0.710. The number of hydrogen-bond acceptors (Lipinski definition) is 6. The highest BCUT2D eigenvalue weighted by Gasteiger charge is 2.20. The van der Waals surface area contributed by atoms with Crippen molar-refractivity contribution in [3.8, 4) is 16.9 Å². The quantitative estimate of drug-likeness (QED) is 0.349. The van der Waals surface area contributed by atoms with E-state index in [1.807, 2.05) is 23.8 Å². The van der Waals surface area contributed by atoms with Gasteiger partial charge in [-0.2, -0.15) is 0 Å². The zero-order valence-electron chi connectivity index (χ0n) is 18.1. The molecule has 4 aromatic heterocycles. The third-order valence-corrected chi connectivity index (χ3v) is 6.49. The van der Waals surface area contributed by atoms with Crippen LogP contribution in [0.2, 0.25) is 0 Å². The van der Waals surface area contributed by atoms with Gasteiger partial charge in [0.25, 0.3) is 5.56 Å². The fourth-order valence-corrected chi connectivity index (χ4v) is 4.92. The van der Waals surface area contributed by atoms with E-state index in [0.717, 1.165) is 17.0 Å². The van der Waals surface area contributed by atoms with E-state index in [2.05, 4.69) is 10.1 Å². The fourth-order valence-electron chi connectivity index (χ4n) is 4.02. The summed E-state index contributed by atoms with van der Waals surface area (Å²) >= 11 is 1.34. The van der Waals surface area contributed by atoms with Crippen molar-refractivity contribution in [1.82, 2.24) is 19.3 Å². The molecule has 0 unspecified atom stereocenters. The first-order chi connectivity index (χ1) is 15.8. The number of aromatic nitrogens is 4. The zero-order chi connectivity index (χ0) is 23.3. The molecule has 0 aliphatic carbocycles. The number of aryl methyl sites for hydroxylation is 2. The SMILES string of the molecule is Cc1cc(-n2c(C)cc(C(=O)Cn3cnc4scc(-c5ccc(F)cc5)c4c3=O)c2C)no1. The maximum Gasteiger partial charge on any atom is 0.263 e. The van der Waals surface area contributed by atoms with Crippen molar-refractivity contribution in [2.24, 2.45) is 0 Å². The Morgan fingerprint density at radius 3 is 2.61 bits per heavy atom. The minimum absolute atomic E-state index is 0.150. The molecular weight excluding hydrogens is 443 g/mol. The Balaban J connectivity index is 1.52. The predicted octanol–water partition coefficient (Wildman–Crippen LogP) is 4.85. The molecule has 0 saturated heterocycles. The Kier molecular flexibility index (Phi) is 5.05. The molecule has 0 N–H and O–H groups in total. The molecule has 33 heavy (non-hydrogen) atoms. The summed E-state index contributed by atoms with van der Waals surface area (Å²) in [5, 5.41) is 6.29. The second-order valence-corrected chi connectivity index (χ2v) is 8.71. The molecule has 0 fully saturated rings. The van der Waals surface area contributed by atoms with Crippen LogP contribution in [0.15, 0.2) is 57.4 Å². The minimum atomic E-state index is -0.349. The zero-order valence-corrected chi connectivity index (χ0v) is 18.9. The van der Waals surface area contributed by atoms with Gasteiger partial charge in [0.2, 0.25) is 0 Å². The summed E-state index contributed by atoms with van der Waals surface area (Å²) in [5.41, 5.74) is 3.14. The molecule has 0 bridgehead atoms. The number of nitrogens with zero attached hydrogens (tertiary/aromatic N) is 4. The van der Waals surface area contributed by atoms with Gasteiger partial charge in [0.15, 0.2) is 11.6 Å². The first-order valence-electron chi connectivity index (χ1n) is 10.2. The Bertz CT molecular complexity index is 1570. The van der Waals surface area contributed by atoms with Crippen molar-refractivity contribution in [3.63, 3.8) is 0 Å². The van der Waals surface area contributed by atoms with Crippen molar-refractivity contribution in [2.45, 2.75) is 27.3 Å². The second kappa shape index (κ2) is 7.93. The van der Waals surface area contributed by atoms with Crippen LogP contribution in [0.3, 0.4) is 0 Å². The largest absolute Gasteiger partial charge is 0.360 e. The molecular formula is C24H19FN4O3S. The van der Waals surface area contributed by atoms with Gasteiger partial charge in [-0.3, -0.25) is 18.7 Å². The number of hydrogen-bond donors (Lipinski definition) is 0. The van der Waals surface area contributed by atoms with Gasteiger partial charge in [0, 0.05) is 34.0 Å². The molecule has 166 valence electrons. The Hall–Kier alpha value is -3.85. The van der Waals surface area contributed by atoms with Crippen LogP contribution in [0.4, 0.5) is 4.39 Å². The van der Waals surface area contributed by atoms with E-state index < -0.39 is 0 Å². The van der Waals surface area contributed by atoms with Gasteiger partial charge in [-0.25, -0.2) is 9.37 Å². The molecule has 4 heterocycles. The molecule has 0 radical (unpaired) electrons. The number of rotatable bonds is 5. The standard InChI is InChI=1S/C24H19FN4O3S/c1-13-8-18(15(3)29(13)21-9-14(2)32-27-21)20(30)10-28-12-26-23-22(24(28)31)19(11-33-23)16-4-6-17(25)7-5-16/h4-9,11-12H,10H2,1-3H3. The van der Waals surface area contributed by atoms with Crippen molar-refractivity contribution in [1.29, 1.82) is 0 Å². The summed E-state index contributed by atoms with van der Waals surface area (Å²) in [4.78, 5) is 31.4. The lowest BCUT2D eigenvalue weighted by atomic mass is 10.1. The fraction of sp³-hybridized carbons (Fsp3) is 0.167. The normalized spacial score (nSPS) is 11.4. The first-order valence-corrected chi connectivity index (χ1v) is 11.1. The van der Waals surface area contributed by atoms with Crippen molar-refractivity contribution in [2.75, 3.05) is 0 Å². The molecule has 0 amide bonds. The number of ketones is 1. The van der Waals surface area contributed by atoms with Crippen molar-refractivity contribution in [3.05, 3.63) is 87.0 Å². The lowest BCUT2D eigenvalue weighted by Crippen LogP contribution is -2.24. The van der Waals surface area contributed by atoms with Crippen molar-refractivity contribution < 1.29 is 13.7 Å². The van der Waals surface area contributed by atoms with Gasteiger partial charge in [-0.05, 0) is 44.5 Å². The van der Waals surface area contributed by atoms with Gasteiger partial charge < -0.3 is 4.52 Å². The molecule has 5 aromatic rings. The van der Waals surface area contributed by atoms with E-state index in [9.17, 15) is 14.0 Å². The monoisotopic (exact) mass is 462 g/mol. The van der Waals surface area contributed by atoms with E-state index in [-0.39, 0.29) is 23.7 Å². The van der Waals surface area contributed by atoms with Crippen LogP contribution in [-0.2, 0) is 6.54 Å². The molecule has 7 nitrogen and oxygen atoms in total. The number of Topliss-reactive ketones (excluding diaryl/α,β-unsaturated/α-hetero) is 1. The molecule has 0 spiro atoms. The average molecular weight is 463 g/mol. The van der Waals surface area contributed by atoms with Crippen LogP contribution >= 0.6 is 11.3 Å². The van der Waals surface area contributed by atoms with E-state index in [1.165, 1.54) is 34.4 Å². The molecule has 1 aromatic carbocycles. The lowest BCUT2D eigenvalue weighted by Gasteiger charge is -2.07. The average Bonchev–Trinajstić information content (AvgIpc) is 3.48. The number of carbonyl (C=O) groups excluding carboxylic acids is 1. The number of thiophene rings is 1. The number of fused-ring (bicyclic) bond motifs is 1. The van der Waals surface area contributed by atoms with Crippen LogP contribution in [0.1, 0.15) is 27.5 Å². The minimum Gasteiger partial charge on any atom is -0.360 e. The Morgan fingerprint density at radius 1 is 1.15 bits per heavy atom. The highest BCUT2D eigenvalue weighted by molar-refractivity contribution is 7.17. The molecule has 0 aliphatic rings. The van der Waals surface area contributed by atoms with E-state index in [4.69, 9.17) is 4.52 Å². The summed E-state index contributed by atoms with van der Waals surface area (Å²) in [7, 11) is 0. The van der Waals surface area contributed by atoms with Gasteiger partial charge in [0.05, 0.1) is 18.3 Å². The maximum atomic E-state index is 13.3. The van der Waals surface area contributed by atoms with E-state index in [1.54, 1.807) is 31.2 Å². The maximum absolute atomic E-state index is 13.3. The number of carbonyl (C=O) groups is 1. The molecule has 0 saturated carbocycles. The van der Waals surface area contributed by atoms with Crippen LogP contribution < -0.4 is 5.56 Å². The van der Waals surface area contributed by atoms with Gasteiger partial charge in [-0.15, -0.1) is 11.3 Å². The third-order valence-electron chi connectivity index (χ3n) is 5.61. The van der Waals surface area contributed by atoms with Gasteiger partial charge in [0.1, 0.15) is 16.4 Å². The number of halogens is 1. The molecule has 5 rings (SSSR count). The Morgan fingerprint density at radius 2 is 1.91 bits per heavy atom. The smallest absolute Gasteiger partial charge is 0.263 e. The summed E-state index contributed by atoms with van der Waals surface area (Å²) < 4.78 is 21.7. The van der Waals surface area contributed by atoms with Crippen LogP contribution in [0.5, 0.6) is 0 Å². The highest BCUT2D eigenvalue weighted by atomic mass is 32.1.